The molecule has 0 unspecified atom stereocenters. The standard InChI is InChI=1S/C26H23F3O2/c1-2-17-15-30-24(31-16-17)12-10-19-5-3-18(4-6-19)7-8-20-9-11-22-21(13-20)14-23(27)26(29)25(22)28/h3-6,9,11,13-14,17,24H,2,10,12,15-16H2,1H3. The minimum Gasteiger partial charge on any atom is -0.352 e. The Kier molecular flexibility index (Phi) is 6.60. The third-order valence-electron chi connectivity index (χ3n) is 5.56. The summed E-state index contributed by atoms with van der Waals surface area (Å²) in [6.45, 7) is 3.67. The molecule has 0 radical (unpaired) electrons. The average Bonchev–Trinajstić information content (AvgIpc) is 2.81. The van der Waals surface area contributed by atoms with E-state index in [4.69, 9.17) is 9.47 Å². The summed E-state index contributed by atoms with van der Waals surface area (Å²) in [5, 5.41) is 0.306. The van der Waals surface area contributed by atoms with E-state index in [1.54, 1.807) is 12.1 Å². The van der Waals surface area contributed by atoms with Crippen LogP contribution in [0.5, 0.6) is 0 Å². The molecule has 3 aromatic carbocycles. The number of halogens is 3. The van der Waals surface area contributed by atoms with Gasteiger partial charge in [0.1, 0.15) is 0 Å². The summed E-state index contributed by atoms with van der Waals surface area (Å²) < 4.78 is 52.2. The zero-order valence-electron chi connectivity index (χ0n) is 17.3. The summed E-state index contributed by atoms with van der Waals surface area (Å²) in [6.07, 6.45) is 2.60. The number of ether oxygens (including phenoxy) is 2. The van der Waals surface area contributed by atoms with Gasteiger partial charge in [0.25, 0.3) is 0 Å². The lowest BCUT2D eigenvalue weighted by Gasteiger charge is -2.28. The maximum atomic E-state index is 13.8. The van der Waals surface area contributed by atoms with E-state index in [0.717, 1.165) is 44.1 Å². The molecular weight excluding hydrogens is 401 g/mol. The minimum absolute atomic E-state index is 0.0324. The summed E-state index contributed by atoms with van der Waals surface area (Å²) in [6, 6.07) is 13.5. The number of hydrogen-bond acceptors (Lipinski definition) is 2. The lowest BCUT2D eigenvalue weighted by molar-refractivity contribution is -0.202. The maximum Gasteiger partial charge on any atom is 0.195 e. The Bertz CT molecular complexity index is 1120. The Morgan fingerprint density at radius 2 is 1.55 bits per heavy atom. The normalized spacial score (nSPS) is 18.6. The molecule has 3 aromatic rings. The number of benzene rings is 3. The highest BCUT2D eigenvalue weighted by molar-refractivity contribution is 5.84. The van der Waals surface area contributed by atoms with E-state index in [0.29, 0.717) is 11.5 Å². The third-order valence-corrected chi connectivity index (χ3v) is 5.56. The van der Waals surface area contributed by atoms with Crippen LogP contribution in [0.1, 0.15) is 36.5 Å². The molecule has 0 saturated carbocycles. The summed E-state index contributed by atoms with van der Waals surface area (Å²) in [5.74, 6) is 2.69. The Labute approximate surface area is 180 Å². The molecule has 5 heteroatoms. The van der Waals surface area contributed by atoms with Gasteiger partial charge < -0.3 is 9.47 Å². The molecule has 160 valence electrons. The quantitative estimate of drug-likeness (QED) is 0.378. The van der Waals surface area contributed by atoms with Crippen molar-refractivity contribution in [3.05, 3.63) is 82.7 Å². The van der Waals surface area contributed by atoms with E-state index >= 15 is 0 Å². The Morgan fingerprint density at radius 3 is 2.26 bits per heavy atom. The molecule has 1 fully saturated rings. The first-order chi connectivity index (χ1) is 15.0. The van der Waals surface area contributed by atoms with E-state index in [1.165, 1.54) is 11.6 Å². The molecule has 0 atom stereocenters. The predicted octanol–water partition coefficient (Wildman–Crippen LogP) is 5.99. The fraction of sp³-hybridized carbons (Fsp3) is 0.308. The van der Waals surface area contributed by atoms with Crippen LogP contribution in [0.3, 0.4) is 0 Å². The molecule has 4 rings (SSSR count). The molecule has 1 saturated heterocycles. The van der Waals surface area contributed by atoms with Gasteiger partial charge in [-0.3, -0.25) is 0 Å². The van der Waals surface area contributed by atoms with Gasteiger partial charge >= 0.3 is 0 Å². The van der Waals surface area contributed by atoms with Crippen LogP contribution in [0.25, 0.3) is 10.8 Å². The minimum atomic E-state index is -1.46. The number of hydrogen-bond donors (Lipinski definition) is 0. The van der Waals surface area contributed by atoms with Gasteiger partial charge in [0, 0.05) is 28.9 Å². The van der Waals surface area contributed by atoms with Gasteiger partial charge in [-0.15, -0.1) is 0 Å². The van der Waals surface area contributed by atoms with E-state index in [9.17, 15) is 13.2 Å². The van der Waals surface area contributed by atoms with Crippen LogP contribution < -0.4 is 0 Å². The van der Waals surface area contributed by atoms with Crippen molar-refractivity contribution < 1.29 is 22.6 Å². The zero-order chi connectivity index (χ0) is 21.8. The molecule has 0 bridgehead atoms. The van der Waals surface area contributed by atoms with Gasteiger partial charge in [0.15, 0.2) is 23.7 Å². The highest BCUT2D eigenvalue weighted by atomic mass is 19.2. The second-order valence-electron chi connectivity index (χ2n) is 7.78. The van der Waals surface area contributed by atoms with Gasteiger partial charge in [-0.2, -0.15) is 0 Å². The zero-order valence-corrected chi connectivity index (χ0v) is 17.3. The fourth-order valence-electron chi connectivity index (χ4n) is 3.55. The lowest BCUT2D eigenvalue weighted by Crippen LogP contribution is -2.32. The van der Waals surface area contributed by atoms with E-state index < -0.39 is 17.5 Å². The van der Waals surface area contributed by atoms with Crippen LogP contribution in [0, 0.1) is 35.2 Å². The molecule has 1 aliphatic rings. The Morgan fingerprint density at radius 1 is 0.871 bits per heavy atom. The molecule has 0 aliphatic carbocycles. The highest BCUT2D eigenvalue weighted by Crippen LogP contribution is 2.24. The van der Waals surface area contributed by atoms with Crippen molar-refractivity contribution in [3.63, 3.8) is 0 Å². The second-order valence-corrected chi connectivity index (χ2v) is 7.78. The predicted molar refractivity (Wildman–Crippen MR) is 114 cm³/mol. The van der Waals surface area contributed by atoms with Gasteiger partial charge in [-0.1, -0.05) is 37.0 Å². The van der Waals surface area contributed by atoms with E-state index in [-0.39, 0.29) is 17.1 Å². The van der Waals surface area contributed by atoms with Crippen molar-refractivity contribution in [1.82, 2.24) is 0 Å². The van der Waals surface area contributed by atoms with Crippen LogP contribution in [-0.2, 0) is 15.9 Å². The van der Waals surface area contributed by atoms with Crippen molar-refractivity contribution in [2.24, 2.45) is 5.92 Å². The molecule has 0 N–H and O–H groups in total. The lowest BCUT2D eigenvalue weighted by atomic mass is 10.0. The molecule has 1 aliphatic heterocycles. The molecule has 0 amide bonds. The first-order valence-corrected chi connectivity index (χ1v) is 10.4. The number of aryl methyl sites for hydroxylation is 1. The van der Waals surface area contributed by atoms with Crippen LogP contribution >= 0.6 is 0 Å². The smallest absolute Gasteiger partial charge is 0.195 e. The monoisotopic (exact) mass is 424 g/mol. The largest absolute Gasteiger partial charge is 0.352 e. The summed E-state index contributed by atoms with van der Waals surface area (Å²) in [4.78, 5) is 0. The second kappa shape index (κ2) is 9.55. The Hall–Kier alpha value is -2.81. The van der Waals surface area contributed by atoms with Gasteiger partial charge in [0.05, 0.1) is 13.2 Å². The van der Waals surface area contributed by atoms with Crippen molar-refractivity contribution in [3.8, 4) is 11.8 Å². The fourth-order valence-corrected chi connectivity index (χ4v) is 3.55. The van der Waals surface area contributed by atoms with Crippen molar-refractivity contribution >= 4 is 10.8 Å². The van der Waals surface area contributed by atoms with Gasteiger partial charge in [-0.25, -0.2) is 13.2 Å². The molecule has 0 spiro atoms. The average molecular weight is 424 g/mol. The summed E-state index contributed by atoms with van der Waals surface area (Å²) in [5.41, 5.74) is 2.60. The molecule has 0 aromatic heterocycles. The van der Waals surface area contributed by atoms with E-state index in [1.807, 2.05) is 24.3 Å². The van der Waals surface area contributed by atoms with Crippen LogP contribution in [-0.4, -0.2) is 19.5 Å². The van der Waals surface area contributed by atoms with Crippen molar-refractivity contribution in [2.75, 3.05) is 13.2 Å². The van der Waals surface area contributed by atoms with Gasteiger partial charge in [0.2, 0.25) is 0 Å². The first kappa shape index (κ1) is 21.4. The summed E-state index contributed by atoms with van der Waals surface area (Å²) >= 11 is 0. The topological polar surface area (TPSA) is 18.5 Å². The molecule has 2 nitrogen and oxygen atoms in total. The number of fused-ring (bicyclic) bond motifs is 1. The highest BCUT2D eigenvalue weighted by Gasteiger charge is 2.20. The van der Waals surface area contributed by atoms with Crippen molar-refractivity contribution in [2.45, 2.75) is 32.5 Å². The Balaban J connectivity index is 1.39. The van der Waals surface area contributed by atoms with Crippen LogP contribution in [0.4, 0.5) is 13.2 Å². The maximum absolute atomic E-state index is 13.8. The number of rotatable bonds is 4. The SMILES string of the molecule is CCC1COC(CCc2ccc(C#Cc3ccc4c(F)c(F)c(F)cc4c3)cc2)OC1. The first-order valence-electron chi connectivity index (χ1n) is 10.4. The third kappa shape index (κ3) is 5.10. The molecule has 1 heterocycles. The van der Waals surface area contributed by atoms with Crippen molar-refractivity contribution in [1.29, 1.82) is 0 Å². The molecular formula is C26H23F3O2. The van der Waals surface area contributed by atoms with Gasteiger partial charge in [-0.05, 0) is 54.1 Å². The van der Waals surface area contributed by atoms with Crippen LogP contribution in [0.2, 0.25) is 0 Å². The molecule has 31 heavy (non-hydrogen) atoms. The van der Waals surface area contributed by atoms with Crippen LogP contribution in [0.15, 0.2) is 48.5 Å². The summed E-state index contributed by atoms with van der Waals surface area (Å²) in [7, 11) is 0. The van der Waals surface area contributed by atoms with E-state index in [2.05, 4.69) is 18.8 Å².